The first-order valence-corrected chi connectivity index (χ1v) is 14.2. The molecular weight excluding hydrogens is 540 g/mol. The van der Waals surface area contributed by atoms with Gasteiger partial charge < -0.3 is 19.1 Å². The molecule has 2 aliphatic heterocycles. The third-order valence-corrected chi connectivity index (χ3v) is 8.70. The van der Waals surface area contributed by atoms with Gasteiger partial charge in [-0.3, -0.25) is 19.3 Å². The van der Waals surface area contributed by atoms with Crippen LogP contribution in [0.15, 0.2) is 89.8 Å². The fraction of sp³-hybridized carbons (Fsp3) is 0.281. The molecule has 0 saturated carbocycles. The molecule has 2 saturated heterocycles. The first-order chi connectivity index (χ1) is 19.9. The third-order valence-electron chi connectivity index (χ3n) is 7.29. The van der Waals surface area contributed by atoms with Gasteiger partial charge in [0.1, 0.15) is 16.2 Å². The predicted octanol–water partition coefficient (Wildman–Crippen LogP) is 4.61. The van der Waals surface area contributed by atoms with Crippen molar-refractivity contribution in [1.29, 1.82) is 0 Å². The quantitative estimate of drug-likeness (QED) is 0.365. The maximum atomic E-state index is 14.5. The van der Waals surface area contributed by atoms with E-state index in [-0.39, 0.29) is 12.3 Å². The Kier molecular flexibility index (Phi) is 8.75. The van der Waals surface area contributed by atoms with Crippen LogP contribution in [0.2, 0.25) is 0 Å². The van der Waals surface area contributed by atoms with E-state index in [2.05, 4.69) is 0 Å². The van der Waals surface area contributed by atoms with E-state index in [0.717, 1.165) is 10.5 Å². The first kappa shape index (κ1) is 28.4. The van der Waals surface area contributed by atoms with Gasteiger partial charge in [0, 0.05) is 24.1 Å². The summed E-state index contributed by atoms with van der Waals surface area (Å²) in [7, 11) is 3.16. The summed E-state index contributed by atoms with van der Waals surface area (Å²) in [4.78, 5) is 45.9. The Morgan fingerprint density at radius 1 is 0.902 bits per heavy atom. The number of carbonyl (C=O) groups is 3. The van der Waals surface area contributed by atoms with Gasteiger partial charge in [-0.15, -0.1) is 11.8 Å². The lowest BCUT2D eigenvalue weighted by Crippen LogP contribution is -2.53. The molecule has 0 radical (unpaired) electrons. The summed E-state index contributed by atoms with van der Waals surface area (Å²) in [6, 6.07) is 23.1. The van der Waals surface area contributed by atoms with Crippen molar-refractivity contribution in [3.63, 3.8) is 0 Å². The summed E-state index contributed by atoms with van der Waals surface area (Å²) < 4.78 is 14.9. The van der Waals surface area contributed by atoms with Crippen LogP contribution < -0.4 is 9.47 Å². The van der Waals surface area contributed by atoms with E-state index < -0.39 is 22.6 Å². The molecule has 3 aromatic carbocycles. The molecule has 9 heteroatoms. The van der Waals surface area contributed by atoms with Crippen molar-refractivity contribution in [2.45, 2.75) is 22.1 Å². The maximum absolute atomic E-state index is 14.5. The van der Waals surface area contributed by atoms with Crippen LogP contribution in [0, 0.1) is 0 Å². The number of benzene rings is 3. The molecule has 0 aromatic heterocycles. The summed E-state index contributed by atoms with van der Waals surface area (Å²) >= 11 is 1.31. The average Bonchev–Trinajstić information content (AvgIpc) is 3.33. The Bertz CT molecular complexity index is 1400. The largest absolute Gasteiger partial charge is 0.497 e. The predicted molar refractivity (Wildman–Crippen MR) is 157 cm³/mol. The standard InChI is InChI=1S/C32H32N2O6S/c1-38-25-11-9-24(10-12-25)30-32(31(37)33-18-20-40-21-19-33,41-27-15-13-26(39-2)14-16-27)22-29(36)34(30)28(35)17-8-23-6-4-3-5-7-23/h3-17,30H,18-22H2,1-2H3/b17-8+/t30-,32-/m1/s1. The van der Waals surface area contributed by atoms with Crippen molar-refractivity contribution in [3.05, 3.63) is 96.1 Å². The van der Waals surface area contributed by atoms with Crippen LogP contribution in [0.1, 0.15) is 23.6 Å². The van der Waals surface area contributed by atoms with Crippen LogP contribution >= 0.6 is 11.8 Å². The zero-order valence-electron chi connectivity index (χ0n) is 23.0. The number of thioether (sulfide) groups is 1. The van der Waals surface area contributed by atoms with Crippen molar-refractivity contribution in [2.24, 2.45) is 0 Å². The second kappa shape index (κ2) is 12.6. The summed E-state index contributed by atoms with van der Waals surface area (Å²) in [5.74, 6) is 0.230. The van der Waals surface area contributed by atoms with E-state index in [0.29, 0.717) is 43.4 Å². The number of carbonyl (C=O) groups excluding carboxylic acids is 3. The number of morpholine rings is 1. The minimum atomic E-state index is -1.31. The topological polar surface area (TPSA) is 85.4 Å². The monoisotopic (exact) mass is 572 g/mol. The van der Waals surface area contributed by atoms with Crippen LogP contribution in [0.4, 0.5) is 0 Å². The molecule has 212 valence electrons. The van der Waals surface area contributed by atoms with E-state index >= 15 is 0 Å². The summed E-state index contributed by atoms with van der Waals surface area (Å²) in [6.07, 6.45) is 2.94. The van der Waals surface area contributed by atoms with E-state index in [1.54, 1.807) is 37.3 Å². The number of ether oxygens (including phenoxy) is 3. The Labute approximate surface area is 243 Å². The van der Waals surface area contributed by atoms with Gasteiger partial charge in [-0.2, -0.15) is 0 Å². The number of hydrogen-bond acceptors (Lipinski definition) is 7. The zero-order valence-corrected chi connectivity index (χ0v) is 23.8. The molecule has 5 rings (SSSR count). The molecule has 3 aromatic rings. The highest BCUT2D eigenvalue weighted by Gasteiger charge is 2.60. The minimum Gasteiger partial charge on any atom is -0.497 e. The van der Waals surface area contributed by atoms with Gasteiger partial charge in [0.05, 0.1) is 39.9 Å². The highest BCUT2D eigenvalue weighted by molar-refractivity contribution is 8.01. The fourth-order valence-corrected chi connectivity index (χ4v) is 6.70. The number of rotatable bonds is 8. The SMILES string of the molecule is COc1ccc(S[C@]2(C(=O)N3CCOCC3)CC(=O)N(C(=O)/C=C/c3ccccc3)[C@@H]2c2ccc(OC)cc2)cc1. The van der Waals surface area contributed by atoms with Gasteiger partial charge in [-0.05, 0) is 53.6 Å². The lowest BCUT2D eigenvalue weighted by atomic mass is 9.90. The first-order valence-electron chi connectivity index (χ1n) is 13.4. The second-order valence-corrected chi connectivity index (χ2v) is 11.2. The van der Waals surface area contributed by atoms with E-state index in [9.17, 15) is 14.4 Å². The number of amides is 3. The van der Waals surface area contributed by atoms with Crippen LogP contribution in [0.3, 0.4) is 0 Å². The van der Waals surface area contributed by atoms with Crippen LogP contribution in [-0.4, -0.2) is 72.8 Å². The van der Waals surface area contributed by atoms with Crippen LogP contribution in [0.5, 0.6) is 11.5 Å². The van der Waals surface area contributed by atoms with Crippen molar-refractivity contribution in [3.8, 4) is 11.5 Å². The Morgan fingerprint density at radius 3 is 2.12 bits per heavy atom. The molecule has 2 heterocycles. The lowest BCUT2D eigenvalue weighted by Gasteiger charge is -2.40. The highest BCUT2D eigenvalue weighted by Crippen LogP contribution is 2.54. The molecule has 0 unspecified atom stereocenters. The number of imide groups is 1. The van der Waals surface area contributed by atoms with Crippen LogP contribution in [-0.2, 0) is 19.1 Å². The van der Waals surface area contributed by atoms with Gasteiger partial charge in [-0.25, -0.2) is 0 Å². The molecule has 8 nitrogen and oxygen atoms in total. The summed E-state index contributed by atoms with van der Waals surface area (Å²) in [5.41, 5.74) is 1.50. The van der Waals surface area contributed by atoms with Gasteiger partial charge >= 0.3 is 0 Å². The lowest BCUT2D eigenvalue weighted by molar-refractivity contribution is -0.141. The Balaban J connectivity index is 1.62. The maximum Gasteiger partial charge on any atom is 0.253 e. The summed E-state index contributed by atoms with van der Waals surface area (Å²) in [5, 5.41) is 0. The van der Waals surface area contributed by atoms with Crippen molar-refractivity contribution in [1.82, 2.24) is 9.80 Å². The number of methoxy groups -OCH3 is 2. The highest BCUT2D eigenvalue weighted by atomic mass is 32.2. The van der Waals surface area contributed by atoms with Gasteiger partial charge in [0.2, 0.25) is 11.8 Å². The molecule has 0 aliphatic carbocycles. The normalized spacial score (nSPS) is 20.8. The van der Waals surface area contributed by atoms with Crippen molar-refractivity contribution >= 4 is 35.6 Å². The number of likely N-dealkylation sites (tertiary alicyclic amines) is 1. The molecule has 3 amide bonds. The number of hydrogen-bond donors (Lipinski definition) is 0. The van der Waals surface area contributed by atoms with Gasteiger partial charge in [0.15, 0.2) is 0 Å². The fourth-order valence-electron chi connectivity index (χ4n) is 5.24. The molecule has 2 fully saturated rings. The van der Waals surface area contributed by atoms with Gasteiger partial charge in [-0.1, -0.05) is 42.5 Å². The molecule has 0 spiro atoms. The average molecular weight is 573 g/mol. The molecular formula is C32H32N2O6S. The minimum absolute atomic E-state index is 0.137. The smallest absolute Gasteiger partial charge is 0.253 e. The molecule has 2 atom stereocenters. The van der Waals surface area contributed by atoms with E-state index in [1.165, 1.54) is 22.7 Å². The second-order valence-electron chi connectivity index (χ2n) is 9.77. The van der Waals surface area contributed by atoms with Crippen molar-refractivity contribution in [2.75, 3.05) is 40.5 Å². The molecule has 41 heavy (non-hydrogen) atoms. The zero-order chi connectivity index (χ0) is 28.8. The summed E-state index contributed by atoms with van der Waals surface area (Å²) in [6.45, 7) is 1.65. The van der Waals surface area contributed by atoms with E-state index in [4.69, 9.17) is 14.2 Å². The van der Waals surface area contributed by atoms with Crippen molar-refractivity contribution < 1.29 is 28.6 Å². The molecule has 0 N–H and O–H groups in total. The van der Waals surface area contributed by atoms with E-state index in [1.807, 2.05) is 66.7 Å². The molecule has 2 aliphatic rings. The van der Waals surface area contributed by atoms with Crippen LogP contribution in [0.25, 0.3) is 6.08 Å². The molecule has 0 bridgehead atoms. The van der Waals surface area contributed by atoms with Gasteiger partial charge in [0.25, 0.3) is 5.91 Å². The Hall–Kier alpha value is -4.08. The number of nitrogens with zero attached hydrogens (tertiary/aromatic N) is 2. The third kappa shape index (κ3) is 6.01. The Morgan fingerprint density at radius 2 is 1.51 bits per heavy atom.